The molecule has 0 heterocycles. The quantitative estimate of drug-likeness (QED) is 0.743. The summed E-state index contributed by atoms with van der Waals surface area (Å²) in [7, 11) is 0. The number of rotatable bonds is 2. The van der Waals surface area contributed by atoms with Crippen molar-refractivity contribution in [2.45, 2.75) is 20.8 Å². The van der Waals surface area contributed by atoms with Gasteiger partial charge in [-0.3, -0.25) is 4.99 Å². The van der Waals surface area contributed by atoms with Crippen molar-refractivity contribution in [1.29, 1.82) is 0 Å². The summed E-state index contributed by atoms with van der Waals surface area (Å²) in [6.07, 6.45) is 1.62. The monoisotopic (exact) mass is 307 g/mol. The molecule has 1 N–H and O–H groups in total. The minimum atomic E-state index is 0.174. The van der Waals surface area contributed by atoms with Gasteiger partial charge in [-0.25, -0.2) is 0 Å². The number of phenolic OH excluding ortho intramolecular Hbond substituents is 1. The Bertz CT molecular complexity index is 693. The molecule has 2 nitrogen and oxygen atoms in total. The molecular weight excluding hydrogens is 293 g/mol. The Hall–Kier alpha value is -1.51. The second kappa shape index (κ2) is 5.86. The molecule has 0 amide bonds. The van der Waals surface area contributed by atoms with Crippen molar-refractivity contribution in [2.24, 2.45) is 4.99 Å². The van der Waals surface area contributed by atoms with E-state index in [4.69, 9.17) is 23.2 Å². The summed E-state index contributed by atoms with van der Waals surface area (Å²) in [6.45, 7) is 5.68. The molecule has 0 spiro atoms. The van der Waals surface area contributed by atoms with Crippen molar-refractivity contribution in [1.82, 2.24) is 0 Å². The van der Waals surface area contributed by atoms with E-state index in [0.29, 0.717) is 15.6 Å². The van der Waals surface area contributed by atoms with Gasteiger partial charge in [0.15, 0.2) is 0 Å². The fraction of sp³-hybridized carbons (Fsp3) is 0.188. The Morgan fingerprint density at radius 1 is 1.05 bits per heavy atom. The maximum absolute atomic E-state index is 10.0. The molecule has 0 aliphatic carbocycles. The van der Waals surface area contributed by atoms with Crippen LogP contribution in [0.1, 0.15) is 22.3 Å². The van der Waals surface area contributed by atoms with Gasteiger partial charge in [0.2, 0.25) is 0 Å². The second-order valence-electron chi connectivity index (χ2n) is 4.75. The van der Waals surface area contributed by atoms with Crippen LogP contribution in [0.25, 0.3) is 0 Å². The highest BCUT2D eigenvalue weighted by Gasteiger charge is 2.09. The van der Waals surface area contributed by atoms with E-state index in [-0.39, 0.29) is 5.75 Å². The molecule has 2 aromatic rings. The van der Waals surface area contributed by atoms with Crippen molar-refractivity contribution in [3.8, 4) is 5.75 Å². The fourth-order valence-corrected chi connectivity index (χ4v) is 2.29. The molecular formula is C16H15Cl2NO. The molecule has 2 aromatic carbocycles. The predicted molar refractivity (Wildman–Crippen MR) is 86.0 cm³/mol. The first kappa shape index (κ1) is 14.9. The largest absolute Gasteiger partial charge is 0.507 e. The Morgan fingerprint density at radius 2 is 1.75 bits per heavy atom. The number of phenols is 1. The Balaban J connectivity index is 2.47. The van der Waals surface area contributed by atoms with Crippen LogP contribution < -0.4 is 0 Å². The zero-order chi connectivity index (χ0) is 14.9. The highest BCUT2D eigenvalue weighted by molar-refractivity contribution is 6.32. The summed E-state index contributed by atoms with van der Waals surface area (Å²) in [5.41, 5.74) is 4.07. The Labute approximate surface area is 128 Å². The number of halogens is 2. The third-order valence-electron chi connectivity index (χ3n) is 3.21. The van der Waals surface area contributed by atoms with Crippen LogP contribution in [0.15, 0.2) is 29.3 Å². The zero-order valence-corrected chi connectivity index (χ0v) is 13.0. The predicted octanol–water partition coefficient (Wildman–Crippen LogP) is 5.37. The van der Waals surface area contributed by atoms with Gasteiger partial charge in [0.1, 0.15) is 5.75 Å². The number of hydrogen-bond acceptors (Lipinski definition) is 2. The minimum Gasteiger partial charge on any atom is -0.507 e. The van der Waals surface area contributed by atoms with Crippen molar-refractivity contribution < 1.29 is 5.11 Å². The van der Waals surface area contributed by atoms with E-state index in [2.05, 4.69) is 4.99 Å². The summed E-state index contributed by atoms with van der Waals surface area (Å²) in [4.78, 5) is 4.40. The van der Waals surface area contributed by atoms with Gasteiger partial charge in [0.05, 0.1) is 5.69 Å². The van der Waals surface area contributed by atoms with Crippen LogP contribution >= 0.6 is 23.2 Å². The number of hydrogen-bond donors (Lipinski definition) is 1. The van der Waals surface area contributed by atoms with Crippen LogP contribution in [0.3, 0.4) is 0 Å². The Kier molecular flexibility index (Phi) is 4.36. The molecule has 0 atom stereocenters. The molecule has 0 aliphatic heterocycles. The first-order valence-corrected chi connectivity index (χ1v) is 6.94. The smallest absolute Gasteiger partial charge is 0.124 e. The van der Waals surface area contributed by atoms with Crippen molar-refractivity contribution in [2.75, 3.05) is 0 Å². The van der Waals surface area contributed by atoms with E-state index in [1.807, 2.05) is 32.9 Å². The topological polar surface area (TPSA) is 32.6 Å². The second-order valence-corrected chi connectivity index (χ2v) is 5.57. The molecule has 2 rings (SSSR count). The molecule has 0 saturated carbocycles. The summed E-state index contributed by atoms with van der Waals surface area (Å²) in [5, 5.41) is 11.3. The summed E-state index contributed by atoms with van der Waals surface area (Å²) < 4.78 is 0. The zero-order valence-electron chi connectivity index (χ0n) is 11.5. The molecule has 0 fully saturated rings. The van der Waals surface area contributed by atoms with Crippen molar-refractivity contribution >= 4 is 35.1 Å². The van der Waals surface area contributed by atoms with Crippen molar-refractivity contribution in [3.63, 3.8) is 0 Å². The van der Waals surface area contributed by atoms with E-state index in [0.717, 1.165) is 22.4 Å². The highest BCUT2D eigenvalue weighted by Crippen LogP contribution is 2.30. The first-order valence-electron chi connectivity index (χ1n) is 6.19. The van der Waals surface area contributed by atoms with Gasteiger partial charge in [-0.2, -0.15) is 0 Å². The molecule has 0 radical (unpaired) electrons. The lowest BCUT2D eigenvalue weighted by atomic mass is 10.0. The SMILES string of the molecule is Cc1ccc(Cl)cc1N=Cc1c(O)cc(C)c(Cl)c1C. The molecule has 4 heteroatoms. The minimum absolute atomic E-state index is 0.174. The maximum Gasteiger partial charge on any atom is 0.124 e. The number of aromatic hydroxyl groups is 1. The van der Waals surface area contributed by atoms with Gasteiger partial charge in [0.25, 0.3) is 0 Å². The highest BCUT2D eigenvalue weighted by atomic mass is 35.5. The van der Waals surface area contributed by atoms with Gasteiger partial charge in [-0.05, 0) is 55.7 Å². The third kappa shape index (κ3) is 2.97. The van der Waals surface area contributed by atoms with Gasteiger partial charge >= 0.3 is 0 Å². The first-order chi connectivity index (χ1) is 9.40. The normalized spacial score (nSPS) is 11.2. The van der Waals surface area contributed by atoms with E-state index >= 15 is 0 Å². The Morgan fingerprint density at radius 3 is 2.45 bits per heavy atom. The van der Waals surface area contributed by atoms with Crippen molar-refractivity contribution in [3.05, 3.63) is 56.6 Å². The van der Waals surface area contributed by atoms with E-state index < -0.39 is 0 Å². The molecule has 0 saturated heterocycles. The van der Waals surface area contributed by atoms with Gasteiger partial charge < -0.3 is 5.11 Å². The number of benzene rings is 2. The van der Waals surface area contributed by atoms with Crippen LogP contribution in [-0.2, 0) is 0 Å². The van der Waals surface area contributed by atoms with Crippen LogP contribution in [0.5, 0.6) is 5.75 Å². The molecule has 0 unspecified atom stereocenters. The van der Waals surface area contributed by atoms with E-state index in [1.54, 1.807) is 18.3 Å². The third-order valence-corrected chi connectivity index (χ3v) is 4.03. The average molecular weight is 308 g/mol. The molecule has 0 aliphatic rings. The average Bonchev–Trinajstić information content (AvgIpc) is 2.40. The number of aryl methyl sites for hydroxylation is 2. The van der Waals surface area contributed by atoms with Crippen LogP contribution in [-0.4, -0.2) is 11.3 Å². The van der Waals surface area contributed by atoms with Crippen LogP contribution in [0.4, 0.5) is 5.69 Å². The van der Waals surface area contributed by atoms with Gasteiger partial charge in [-0.15, -0.1) is 0 Å². The molecule has 104 valence electrons. The summed E-state index contributed by atoms with van der Waals surface area (Å²) in [6, 6.07) is 7.16. The van der Waals surface area contributed by atoms with E-state index in [1.165, 1.54) is 0 Å². The van der Waals surface area contributed by atoms with E-state index in [9.17, 15) is 5.11 Å². The fourth-order valence-electron chi connectivity index (χ4n) is 1.97. The molecule has 0 aromatic heterocycles. The lowest BCUT2D eigenvalue weighted by Gasteiger charge is -2.09. The van der Waals surface area contributed by atoms with Crippen LogP contribution in [0, 0.1) is 20.8 Å². The molecule has 0 bridgehead atoms. The van der Waals surface area contributed by atoms with Crippen LogP contribution in [0.2, 0.25) is 10.0 Å². The molecule has 20 heavy (non-hydrogen) atoms. The lowest BCUT2D eigenvalue weighted by Crippen LogP contribution is -1.92. The van der Waals surface area contributed by atoms with Gasteiger partial charge in [0, 0.05) is 21.8 Å². The maximum atomic E-state index is 10.0. The summed E-state index contributed by atoms with van der Waals surface area (Å²) in [5.74, 6) is 0.174. The van der Waals surface area contributed by atoms with Gasteiger partial charge in [-0.1, -0.05) is 29.3 Å². The number of aliphatic imine (C=N–C) groups is 1. The standard InChI is InChI=1S/C16H15Cl2NO/c1-9-4-5-12(17)7-14(9)19-8-13-11(3)16(18)10(2)6-15(13)20/h4-8,20H,1-3H3. The number of nitrogens with zero attached hydrogens (tertiary/aromatic N) is 1. The summed E-state index contributed by atoms with van der Waals surface area (Å²) >= 11 is 12.2. The lowest BCUT2D eigenvalue weighted by molar-refractivity contribution is 0.473.